The zero-order valence-electron chi connectivity index (χ0n) is 18.8. The number of alkyl carbamates (subject to hydrolysis) is 1. The number of carbonyl (C=O) groups is 1. The van der Waals surface area contributed by atoms with Crippen molar-refractivity contribution in [2.24, 2.45) is 4.99 Å². The zero-order valence-corrected chi connectivity index (χ0v) is 18.8. The SMILES string of the molecule is CCNC(=NCc1cccc(Cn2cncn2)c1)N1CCC(NC(=O)OC(C)(C)C)C1. The monoisotopic (exact) mass is 427 g/mol. The Balaban J connectivity index is 1.58. The number of hydrogen-bond acceptors (Lipinski definition) is 5. The number of guanidine groups is 1. The number of carbonyl (C=O) groups excluding carboxylic acids is 1. The molecule has 1 aliphatic heterocycles. The molecule has 31 heavy (non-hydrogen) atoms. The fourth-order valence-corrected chi connectivity index (χ4v) is 3.46. The van der Waals surface area contributed by atoms with E-state index in [1.807, 2.05) is 26.8 Å². The van der Waals surface area contributed by atoms with Gasteiger partial charge in [0.15, 0.2) is 5.96 Å². The Morgan fingerprint density at radius 3 is 2.84 bits per heavy atom. The minimum atomic E-state index is -0.499. The van der Waals surface area contributed by atoms with Gasteiger partial charge in [-0.3, -0.25) is 0 Å². The lowest BCUT2D eigenvalue weighted by Gasteiger charge is -2.23. The predicted molar refractivity (Wildman–Crippen MR) is 120 cm³/mol. The Kier molecular flexibility index (Phi) is 7.49. The summed E-state index contributed by atoms with van der Waals surface area (Å²) < 4.78 is 7.17. The number of nitrogens with one attached hydrogen (secondary N) is 2. The highest BCUT2D eigenvalue weighted by Gasteiger charge is 2.27. The highest BCUT2D eigenvalue weighted by atomic mass is 16.6. The second-order valence-electron chi connectivity index (χ2n) is 8.66. The van der Waals surface area contributed by atoms with Crippen LogP contribution < -0.4 is 10.6 Å². The minimum Gasteiger partial charge on any atom is -0.444 e. The quantitative estimate of drug-likeness (QED) is 0.543. The molecule has 1 unspecified atom stereocenters. The lowest BCUT2D eigenvalue weighted by atomic mass is 10.1. The number of hydrogen-bond donors (Lipinski definition) is 2. The summed E-state index contributed by atoms with van der Waals surface area (Å²) in [5.74, 6) is 0.859. The van der Waals surface area contributed by atoms with E-state index in [1.54, 1.807) is 11.0 Å². The molecule has 1 fully saturated rings. The van der Waals surface area contributed by atoms with Crippen LogP contribution in [0.3, 0.4) is 0 Å². The molecule has 0 bridgehead atoms. The summed E-state index contributed by atoms with van der Waals surface area (Å²) in [6.45, 7) is 11.2. The van der Waals surface area contributed by atoms with E-state index in [4.69, 9.17) is 9.73 Å². The number of ether oxygens (including phenoxy) is 1. The molecule has 9 heteroatoms. The highest BCUT2D eigenvalue weighted by molar-refractivity contribution is 5.80. The predicted octanol–water partition coefficient (Wildman–Crippen LogP) is 2.39. The molecular formula is C22H33N7O2. The Hall–Kier alpha value is -3.10. The smallest absolute Gasteiger partial charge is 0.407 e. The Bertz CT molecular complexity index is 874. The second kappa shape index (κ2) is 10.3. The zero-order chi connectivity index (χ0) is 22.3. The van der Waals surface area contributed by atoms with E-state index in [-0.39, 0.29) is 12.1 Å². The van der Waals surface area contributed by atoms with Crippen molar-refractivity contribution < 1.29 is 9.53 Å². The van der Waals surface area contributed by atoms with Crippen molar-refractivity contribution in [2.45, 2.75) is 58.8 Å². The van der Waals surface area contributed by atoms with E-state index < -0.39 is 5.60 Å². The topological polar surface area (TPSA) is 96.7 Å². The molecule has 1 aromatic heterocycles. The van der Waals surface area contributed by atoms with Gasteiger partial charge in [-0.1, -0.05) is 24.3 Å². The van der Waals surface area contributed by atoms with Gasteiger partial charge in [0.1, 0.15) is 18.3 Å². The Labute approximate surface area is 183 Å². The third-order valence-electron chi connectivity index (χ3n) is 4.76. The molecule has 1 aromatic carbocycles. The van der Waals surface area contributed by atoms with Crippen LogP contribution in [0.15, 0.2) is 41.9 Å². The van der Waals surface area contributed by atoms with Gasteiger partial charge in [0, 0.05) is 19.6 Å². The number of amides is 1. The summed E-state index contributed by atoms with van der Waals surface area (Å²) in [5, 5.41) is 10.5. The van der Waals surface area contributed by atoms with Gasteiger partial charge in [-0.15, -0.1) is 0 Å². The lowest BCUT2D eigenvalue weighted by Crippen LogP contribution is -2.44. The maximum absolute atomic E-state index is 12.1. The first-order valence-corrected chi connectivity index (χ1v) is 10.8. The maximum atomic E-state index is 12.1. The van der Waals surface area contributed by atoms with Crippen molar-refractivity contribution >= 4 is 12.1 Å². The Morgan fingerprint density at radius 2 is 2.13 bits per heavy atom. The number of rotatable bonds is 6. The average molecular weight is 428 g/mol. The van der Waals surface area contributed by atoms with Crippen molar-refractivity contribution in [1.82, 2.24) is 30.3 Å². The summed E-state index contributed by atoms with van der Waals surface area (Å²) in [7, 11) is 0. The molecule has 0 aliphatic carbocycles. The first kappa shape index (κ1) is 22.6. The molecule has 1 aliphatic rings. The molecule has 1 amide bonds. The number of aliphatic imine (C=N–C) groups is 1. The van der Waals surface area contributed by atoms with Crippen molar-refractivity contribution in [2.75, 3.05) is 19.6 Å². The van der Waals surface area contributed by atoms with E-state index in [1.165, 1.54) is 6.33 Å². The molecule has 0 radical (unpaired) electrons. The molecule has 0 spiro atoms. The van der Waals surface area contributed by atoms with E-state index in [0.717, 1.165) is 36.6 Å². The van der Waals surface area contributed by atoms with Gasteiger partial charge in [0.2, 0.25) is 0 Å². The molecule has 2 N–H and O–H groups in total. The van der Waals surface area contributed by atoms with Gasteiger partial charge < -0.3 is 20.3 Å². The number of benzene rings is 1. The third kappa shape index (κ3) is 7.27. The maximum Gasteiger partial charge on any atom is 0.407 e. The van der Waals surface area contributed by atoms with Crippen LogP contribution in [-0.4, -0.2) is 63.0 Å². The molecule has 9 nitrogen and oxygen atoms in total. The van der Waals surface area contributed by atoms with Crippen molar-refractivity contribution in [3.8, 4) is 0 Å². The fraction of sp³-hybridized carbons (Fsp3) is 0.545. The summed E-state index contributed by atoms with van der Waals surface area (Å²) in [4.78, 5) is 23.1. The summed E-state index contributed by atoms with van der Waals surface area (Å²) in [5.41, 5.74) is 1.79. The summed E-state index contributed by atoms with van der Waals surface area (Å²) >= 11 is 0. The lowest BCUT2D eigenvalue weighted by molar-refractivity contribution is 0.0507. The van der Waals surface area contributed by atoms with E-state index in [2.05, 4.69) is 50.7 Å². The standard InChI is InChI=1S/C22H33N7O2/c1-5-24-20(28-10-9-19(14-28)27-21(30)31-22(2,3)4)25-12-17-7-6-8-18(11-17)13-29-16-23-15-26-29/h6-8,11,15-16,19H,5,9-10,12-14H2,1-4H3,(H,24,25)(H,27,30). The van der Waals surface area contributed by atoms with Gasteiger partial charge >= 0.3 is 6.09 Å². The van der Waals surface area contributed by atoms with Crippen LogP contribution in [0, 0.1) is 0 Å². The van der Waals surface area contributed by atoms with Crippen LogP contribution >= 0.6 is 0 Å². The largest absolute Gasteiger partial charge is 0.444 e. The van der Waals surface area contributed by atoms with Crippen molar-refractivity contribution in [1.29, 1.82) is 0 Å². The van der Waals surface area contributed by atoms with Crippen LogP contribution in [0.25, 0.3) is 0 Å². The molecular weight excluding hydrogens is 394 g/mol. The first-order valence-electron chi connectivity index (χ1n) is 10.8. The van der Waals surface area contributed by atoms with Crippen LogP contribution in [-0.2, 0) is 17.8 Å². The van der Waals surface area contributed by atoms with Gasteiger partial charge in [-0.25, -0.2) is 19.5 Å². The number of aromatic nitrogens is 3. The van der Waals surface area contributed by atoms with E-state index in [0.29, 0.717) is 19.6 Å². The molecule has 168 valence electrons. The highest BCUT2D eigenvalue weighted by Crippen LogP contribution is 2.13. The van der Waals surface area contributed by atoms with Crippen molar-refractivity contribution in [3.63, 3.8) is 0 Å². The first-order chi connectivity index (χ1) is 14.8. The summed E-state index contributed by atoms with van der Waals surface area (Å²) in [6, 6.07) is 8.39. The van der Waals surface area contributed by atoms with Gasteiger partial charge in [-0.05, 0) is 45.2 Å². The van der Waals surface area contributed by atoms with Crippen LogP contribution in [0.4, 0.5) is 4.79 Å². The second-order valence-corrected chi connectivity index (χ2v) is 8.66. The van der Waals surface area contributed by atoms with E-state index >= 15 is 0 Å². The van der Waals surface area contributed by atoms with Crippen LogP contribution in [0.1, 0.15) is 45.2 Å². The van der Waals surface area contributed by atoms with Gasteiger partial charge in [0.25, 0.3) is 0 Å². The van der Waals surface area contributed by atoms with Gasteiger partial charge in [0.05, 0.1) is 19.1 Å². The van der Waals surface area contributed by atoms with Crippen LogP contribution in [0.5, 0.6) is 0 Å². The Morgan fingerprint density at radius 1 is 1.32 bits per heavy atom. The molecule has 1 atom stereocenters. The molecule has 1 saturated heterocycles. The van der Waals surface area contributed by atoms with Crippen LogP contribution in [0.2, 0.25) is 0 Å². The third-order valence-corrected chi connectivity index (χ3v) is 4.76. The normalized spacial score (nSPS) is 17.0. The number of likely N-dealkylation sites (tertiary alicyclic amines) is 1. The average Bonchev–Trinajstić information content (AvgIpc) is 3.36. The fourth-order valence-electron chi connectivity index (χ4n) is 3.46. The molecule has 2 heterocycles. The molecule has 3 rings (SSSR count). The van der Waals surface area contributed by atoms with E-state index in [9.17, 15) is 4.79 Å². The molecule has 0 saturated carbocycles. The van der Waals surface area contributed by atoms with Gasteiger partial charge in [-0.2, -0.15) is 5.10 Å². The number of nitrogens with zero attached hydrogens (tertiary/aromatic N) is 5. The van der Waals surface area contributed by atoms with Crippen molar-refractivity contribution in [3.05, 3.63) is 48.0 Å². The summed E-state index contributed by atoms with van der Waals surface area (Å²) in [6.07, 6.45) is 3.74. The molecule has 2 aromatic rings. The minimum absolute atomic E-state index is 0.0460.